The fourth-order valence-corrected chi connectivity index (χ4v) is 4.83. The van der Waals surface area contributed by atoms with Crippen LogP contribution in [0.15, 0.2) is 52.4 Å². The molecule has 0 saturated heterocycles. The molecule has 34 heavy (non-hydrogen) atoms. The van der Waals surface area contributed by atoms with Crippen molar-refractivity contribution in [3.8, 4) is 0 Å². The van der Waals surface area contributed by atoms with Crippen molar-refractivity contribution in [3.05, 3.63) is 70.9 Å². The van der Waals surface area contributed by atoms with Gasteiger partial charge in [-0.1, -0.05) is 42.1 Å². The van der Waals surface area contributed by atoms with Gasteiger partial charge >= 0.3 is 5.97 Å². The molecule has 1 aliphatic heterocycles. The number of aryl methyl sites for hydroxylation is 3. The number of fused-ring (bicyclic) bond motifs is 1. The fourth-order valence-electron chi connectivity index (χ4n) is 3.83. The molecule has 0 amide bonds. The number of carboxylic acids is 1. The van der Waals surface area contributed by atoms with Gasteiger partial charge in [-0.25, -0.2) is 4.98 Å². The van der Waals surface area contributed by atoms with E-state index in [9.17, 15) is 9.90 Å². The lowest BCUT2D eigenvalue weighted by Gasteiger charge is -2.17. The molecule has 2 N–H and O–H groups in total. The molecule has 182 valence electrons. The fraction of sp³-hybridized carbons (Fsp3) is 0.462. The third-order valence-electron chi connectivity index (χ3n) is 5.60. The van der Waals surface area contributed by atoms with Crippen molar-refractivity contribution in [2.24, 2.45) is 5.92 Å². The Morgan fingerprint density at radius 2 is 2.24 bits per heavy atom. The Morgan fingerprint density at radius 3 is 3.03 bits per heavy atom. The van der Waals surface area contributed by atoms with Gasteiger partial charge in [0.25, 0.3) is 0 Å². The topological polar surface area (TPSA) is 101 Å². The molecule has 0 fully saturated rings. The van der Waals surface area contributed by atoms with Crippen LogP contribution in [0.4, 0.5) is 5.82 Å². The summed E-state index contributed by atoms with van der Waals surface area (Å²) in [7, 11) is 0. The number of aromatic nitrogens is 3. The van der Waals surface area contributed by atoms with Crippen LogP contribution in [-0.2, 0) is 30.5 Å². The number of hydrogen-bond acceptors (Lipinski definition) is 7. The van der Waals surface area contributed by atoms with Crippen molar-refractivity contribution in [1.29, 1.82) is 0 Å². The van der Waals surface area contributed by atoms with Crippen LogP contribution in [0, 0.1) is 5.92 Å². The first kappa shape index (κ1) is 25.7. The number of nitrogens with zero attached hydrogens (tertiary/aromatic N) is 3. The standard InChI is InChI=1S/C26H34N4O3S/c1-3-5-6-11-22(4-2)34-18-19(17-25(31)32)16-24-29-23(30-33-24)12-7-10-21-14-13-20-9-8-15-27-26(20)28-21/h3-5,11,13-14,19H,2,6-10,12,15-18H2,1H3,(H,27,28)(H,31,32)/b5-3-,22-11?. The second-order valence-electron chi connectivity index (χ2n) is 8.39. The monoisotopic (exact) mass is 482 g/mol. The molecule has 2 aromatic heterocycles. The number of thioether (sulfide) groups is 1. The van der Waals surface area contributed by atoms with Gasteiger partial charge in [0.15, 0.2) is 5.82 Å². The van der Waals surface area contributed by atoms with Crippen molar-refractivity contribution in [3.63, 3.8) is 0 Å². The van der Waals surface area contributed by atoms with Gasteiger partial charge in [-0.3, -0.25) is 4.79 Å². The van der Waals surface area contributed by atoms with Gasteiger partial charge in [0, 0.05) is 42.2 Å². The van der Waals surface area contributed by atoms with Crippen LogP contribution in [0.5, 0.6) is 0 Å². The average Bonchev–Trinajstić information content (AvgIpc) is 3.27. The first-order valence-electron chi connectivity index (χ1n) is 11.9. The number of pyridine rings is 1. The maximum atomic E-state index is 11.4. The Kier molecular flexibility index (Phi) is 10.4. The summed E-state index contributed by atoms with van der Waals surface area (Å²) in [6, 6.07) is 4.27. The van der Waals surface area contributed by atoms with E-state index in [4.69, 9.17) is 9.51 Å². The number of anilines is 1. The quantitative estimate of drug-likeness (QED) is 0.273. The molecule has 0 radical (unpaired) electrons. The normalized spacial score (nSPS) is 14.6. The van der Waals surface area contributed by atoms with Crippen molar-refractivity contribution in [2.75, 3.05) is 17.6 Å². The minimum atomic E-state index is -0.824. The van der Waals surface area contributed by atoms with E-state index in [1.165, 1.54) is 5.56 Å². The summed E-state index contributed by atoms with van der Waals surface area (Å²) in [6.07, 6.45) is 14.0. The zero-order valence-corrected chi connectivity index (χ0v) is 20.6. The van der Waals surface area contributed by atoms with Crippen LogP contribution in [0.1, 0.15) is 55.6 Å². The molecular weight excluding hydrogens is 448 g/mol. The molecular formula is C26H34N4O3S. The molecule has 3 heterocycles. The SMILES string of the molecule is C=CC(=CC/C=C\C)SCC(CC(=O)O)Cc1nc(CCCc2ccc3c(n2)NCCC3)no1. The summed E-state index contributed by atoms with van der Waals surface area (Å²) in [5.74, 6) is 1.89. The number of allylic oxidation sites excluding steroid dienone is 4. The predicted octanol–water partition coefficient (Wildman–Crippen LogP) is 5.40. The third kappa shape index (κ3) is 8.48. The van der Waals surface area contributed by atoms with Gasteiger partial charge in [-0.2, -0.15) is 4.98 Å². The van der Waals surface area contributed by atoms with Gasteiger partial charge in [0.1, 0.15) is 5.82 Å². The van der Waals surface area contributed by atoms with Crippen molar-refractivity contribution >= 4 is 23.5 Å². The third-order valence-corrected chi connectivity index (χ3v) is 6.90. The molecule has 1 aliphatic rings. The first-order chi connectivity index (χ1) is 16.6. The Hall–Kier alpha value is -2.87. The molecule has 0 saturated carbocycles. The van der Waals surface area contributed by atoms with E-state index in [1.807, 2.05) is 19.1 Å². The summed E-state index contributed by atoms with van der Waals surface area (Å²) in [4.78, 5) is 21.7. The minimum absolute atomic E-state index is 0.0576. The highest BCUT2D eigenvalue weighted by Gasteiger charge is 2.19. The second kappa shape index (κ2) is 13.7. The Morgan fingerprint density at radius 1 is 1.35 bits per heavy atom. The smallest absolute Gasteiger partial charge is 0.303 e. The first-order valence-corrected chi connectivity index (χ1v) is 12.9. The van der Waals surface area contributed by atoms with E-state index in [0.717, 1.165) is 55.1 Å². The predicted molar refractivity (Wildman–Crippen MR) is 137 cm³/mol. The van der Waals surface area contributed by atoms with Crippen molar-refractivity contribution < 1.29 is 14.4 Å². The molecule has 3 rings (SSSR count). The Balaban J connectivity index is 1.49. The Labute approximate surface area is 205 Å². The van der Waals surface area contributed by atoms with Gasteiger partial charge < -0.3 is 14.9 Å². The minimum Gasteiger partial charge on any atom is -0.481 e. The Bertz CT molecular complexity index is 1020. The summed E-state index contributed by atoms with van der Waals surface area (Å²) in [5.41, 5.74) is 2.36. The van der Waals surface area contributed by atoms with Crippen LogP contribution in [0.25, 0.3) is 0 Å². The van der Waals surface area contributed by atoms with E-state index in [1.54, 1.807) is 11.8 Å². The summed E-state index contributed by atoms with van der Waals surface area (Å²) in [5, 5.41) is 16.8. The largest absolute Gasteiger partial charge is 0.481 e. The zero-order valence-electron chi connectivity index (χ0n) is 19.8. The molecule has 8 heteroatoms. The lowest BCUT2D eigenvalue weighted by molar-refractivity contribution is -0.137. The molecule has 0 aromatic carbocycles. The number of carboxylic acid groups (broad SMARTS) is 1. The molecule has 1 unspecified atom stereocenters. The van der Waals surface area contributed by atoms with Gasteiger partial charge in [-0.15, -0.1) is 11.8 Å². The number of rotatable bonds is 14. The second-order valence-corrected chi connectivity index (χ2v) is 9.49. The maximum Gasteiger partial charge on any atom is 0.303 e. The molecule has 0 aliphatic carbocycles. The highest BCUT2D eigenvalue weighted by molar-refractivity contribution is 8.03. The maximum absolute atomic E-state index is 11.4. The van der Waals surface area contributed by atoms with Crippen molar-refractivity contribution in [2.45, 2.75) is 58.3 Å². The molecule has 0 bridgehead atoms. The van der Waals surface area contributed by atoms with Gasteiger partial charge in [-0.05, 0) is 56.6 Å². The van der Waals surface area contributed by atoms with Crippen LogP contribution in [-0.4, -0.2) is 38.5 Å². The van der Waals surface area contributed by atoms with Crippen LogP contribution in [0.3, 0.4) is 0 Å². The lowest BCUT2D eigenvalue weighted by atomic mass is 10.0. The van der Waals surface area contributed by atoms with Crippen LogP contribution < -0.4 is 5.32 Å². The van der Waals surface area contributed by atoms with E-state index in [2.05, 4.69) is 46.3 Å². The molecule has 2 aromatic rings. The van der Waals surface area contributed by atoms with Crippen molar-refractivity contribution in [1.82, 2.24) is 15.1 Å². The molecule has 1 atom stereocenters. The lowest BCUT2D eigenvalue weighted by Crippen LogP contribution is -2.14. The van der Waals surface area contributed by atoms with Gasteiger partial charge in [0.2, 0.25) is 5.89 Å². The van der Waals surface area contributed by atoms with E-state index >= 15 is 0 Å². The number of carbonyl (C=O) groups is 1. The summed E-state index contributed by atoms with van der Waals surface area (Å²) in [6.45, 7) is 6.83. The number of hydrogen-bond donors (Lipinski definition) is 2. The number of aliphatic carboxylic acids is 1. The van der Waals surface area contributed by atoms with E-state index in [-0.39, 0.29) is 12.3 Å². The van der Waals surface area contributed by atoms with Gasteiger partial charge in [0.05, 0.1) is 0 Å². The highest BCUT2D eigenvalue weighted by atomic mass is 32.2. The van der Waals surface area contributed by atoms with Crippen LogP contribution >= 0.6 is 11.8 Å². The molecule has 0 spiro atoms. The van der Waals surface area contributed by atoms with E-state index < -0.39 is 5.97 Å². The van der Waals surface area contributed by atoms with E-state index in [0.29, 0.717) is 30.3 Å². The molecule has 7 nitrogen and oxygen atoms in total. The summed E-state index contributed by atoms with van der Waals surface area (Å²) >= 11 is 1.61. The van der Waals surface area contributed by atoms with Crippen LogP contribution in [0.2, 0.25) is 0 Å². The average molecular weight is 483 g/mol. The summed E-state index contributed by atoms with van der Waals surface area (Å²) < 4.78 is 5.43. The zero-order chi connectivity index (χ0) is 24.2. The highest BCUT2D eigenvalue weighted by Crippen LogP contribution is 2.25. The number of nitrogens with one attached hydrogen (secondary N) is 1.